The molecule has 0 aromatic heterocycles. The van der Waals surface area contributed by atoms with Crippen LogP contribution in [0.2, 0.25) is 0 Å². The highest BCUT2D eigenvalue weighted by molar-refractivity contribution is 5.79. The van der Waals surface area contributed by atoms with Crippen LogP contribution in [0.15, 0.2) is 24.3 Å². The Hall–Kier alpha value is -1.55. The Bertz CT molecular complexity index is 487. The minimum atomic E-state index is 0.144. The van der Waals surface area contributed by atoms with E-state index in [2.05, 4.69) is 19.2 Å². The molecule has 0 bridgehead atoms. The second kappa shape index (κ2) is 6.94. The van der Waals surface area contributed by atoms with Crippen LogP contribution in [0.3, 0.4) is 0 Å². The molecule has 1 aromatic carbocycles. The van der Waals surface area contributed by atoms with Gasteiger partial charge in [0.1, 0.15) is 5.75 Å². The molecule has 116 valence electrons. The molecule has 4 nitrogen and oxygen atoms in total. The van der Waals surface area contributed by atoms with E-state index in [1.165, 1.54) is 0 Å². The summed E-state index contributed by atoms with van der Waals surface area (Å²) in [5, 5.41) is 3.40. The molecule has 1 amide bonds. The van der Waals surface area contributed by atoms with Gasteiger partial charge in [-0.1, -0.05) is 12.1 Å². The number of ether oxygens (including phenoxy) is 1. The van der Waals surface area contributed by atoms with Gasteiger partial charge in [0, 0.05) is 25.2 Å². The largest absolute Gasteiger partial charge is 0.491 e. The number of carbonyl (C=O) groups is 1. The Morgan fingerprint density at radius 1 is 1.43 bits per heavy atom. The van der Waals surface area contributed by atoms with Crippen LogP contribution in [-0.2, 0) is 11.2 Å². The van der Waals surface area contributed by atoms with Gasteiger partial charge >= 0.3 is 0 Å². The Balaban J connectivity index is 2.02. The van der Waals surface area contributed by atoms with E-state index in [0.29, 0.717) is 12.5 Å². The average Bonchev–Trinajstić information content (AvgIpc) is 2.41. The van der Waals surface area contributed by atoms with E-state index in [4.69, 9.17) is 4.74 Å². The first-order chi connectivity index (χ1) is 9.97. The van der Waals surface area contributed by atoms with Crippen LogP contribution in [0.5, 0.6) is 5.75 Å². The first-order valence-corrected chi connectivity index (χ1v) is 7.76. The molecule has 1 aliphatic heterocycles. The van der Waals surface area contributed by atoms with Crippen molar-refractivity contribution in [3.05, 3.63) is 29.8 Å². The van der Waals surface area contributed by atoms with Crippen LogP contribution in [-0.4, -0.2) is 42.1 Å². The van der Waals surface area contributed by atoms with Gasteiger partial charge in [-0.2, -0.15) is 0 Å². The summed E-state index contributed by atoms with van der Waals surface area (Å²) >= 11 is 0. The van der Waals surface area contributed by atoms with Crippen LogP contribution in [0.1, 0.15) is 33.3 Å². The third-order valence-corrected chi connectivity index (χ3v) is 3.98. The van der Waals surface area contributed by atoms with Crippen molar-refractivity contribution < 1.29 is 9.53 Å². The zero-order valence-electron chi connectivity index (χ0n) is 13.4. The van der Waals surface area contributed by atoms with Crippen LogP contribution in [0.25, 0.3) is 0 Å². The standard InChI is InChI=1S/C17H26N2O2/c1-12(2)21-16-7-5-6-15(10-16)11-17(20)19-9-8-18-13(3)14(19)4/h5-7,10,12-14,18H,8-9,11H2,1-4H3. The Labute approximate surface area is 127 Å². The number of carbonyl (C=O) groups excluding carboxylic acids is 1. The molecule has 0 saturated carbocycles. The van der Waals surface area contributed by atoms with Gasteiger partial charge < -0.3 is 15.0 Å². The van der Waals surface area contributed by atoms with Crippen LogP contribution < -0.4 is 10.1 Å². The van der Waals surface area contributed by atoms with E-state index in [-0.39, 0.29) is 18.1 Å². The van der Waals surface area contributed by atoms with E-state index in [1.54, 1.807) is 0 Å². The van der Waals surface area contributed by atoms with Crippen molar-refractivity contribution in [3.8, 4) is 5.75 Å². The molecule has 2 atom stereocenters. The smallest absolute Gasteiger partial charge is 0.227 e. The summed E-state index contributed by atoms with van der Waals surface area (Å²) in [5.74, 6) is 1.02. The number of amides is 1. The molecule has 1 saturated heterocycles. The fourth-order valence-corrected chi connectivity index (χ4v) is 2.69. The summed E-state index contributed by atoms with van der Waals surface area (Å²) in [5.41, 5.74) is 1.01. The van der Waals surface area contributed by atoms with Gasteiger partial charge in [0.05, 0.1) is 12.5 Å². The van der Waals surface area contributed by atoms with Crippen molar-refractivity contribution in [2.75, 3.05) is 13.1 Å². The summed E-state index contributed by atoms with van der Waals surface area (Å²) in [6.45, 7) is 9.89. The van der Waals surface area contributed by atoms with E-state index >= 15 is 0 Å². The number of rotatable bonds is 4. The number of hydrogen-bond acceptors (Lipinski definition) is 3. The van der Waals surface area contributed by atoms with E-state index in [0.717, 1.165) is 24.4 Å². The minimum absolute atomic E-state index is 0.144. The topological polar surface area (TPSA) is 41.6 Å². The van der Waals surface area contributed by atoms with Gasteiger partial charge in [0.25, 0.3) is 0 Å². The lowest BCUT2D eigenvalue weighted by Crippen LogP contribution is -2.57. The molecular weight excluding hydrogens is 264 g/mol. The Morgan fingerprint density at radius 3 is 2.90 bits per heavy atom. The lowest BCUT2D eigenvalue weighted by Gasteiger charge is -2.38. The molecule has 1 aromatic rings. The van der Waals surface area contributed by atoms with Crippen LogP contribution in [0, 0.1) is 0 Å². The first kappa shape index (κ1) is 15.8. The molecule has 2 unspecified atom stereocenters. The van der Waals surface area contributed by atoms with Crippen LogP contribution >= 0.6 is 0 Å². The maximum atomic E-state index is 12.5. The predicted octanol–water partition coefficient (Wildman–Crippen LogP) is 2.23. The molecule has 0 aliphatic carbocycles. The average molecular weight is 290 g/mol. The van der Waals surface area contributed by atoms with Crippen molar-refractivity contribution in [2.45, 2.75) is 52.3 Å². The molecule has 1 heterocycles. The fraction of sp³-hybridized carbons (Fsp3) is 0.588. The Kier molecular flexibility index (Phi) is 5.23. The molecule has 2 rings (SSSR count). The highest BCUT2D eigenvalue weighted by Gasteiger charge is 2.27. The number of piperazine rings is 1. The van der Waals surface area contributed by atoms with E-state index in [1.807, 2.05) is 43.0 Å². The summed E-state index contributed by atoms with van der Waals surface area (Å²) < 4.78 is 5.69. The van der Waals surface area contributed by atoms with Gasteiger partial charge in [-0.3, -0.25) is 4.79 Å². The van der Waals surface area contributed by atoms with Crippen LogP contribution in [0.4, 0.5) is 0 Å². The van der Waals surface area contributed by atoms with Gasteiger partial charge in [-0.25, -0.2) is 0 Å². The normalized spacial score (nSPS) is 22.4. The SMILES string of the molecule is CC(C)Oc1cccc(CC(=O)N2CCNC(C)C2C)c1. The predicted molar refractivity (Wildman–Crippen MR) is 84.5 cm³/mol. The monoisotopic (exact) mass is 290 g/mol. The molecule has 1 fully saturated rings. The summed E-state index contributed by atoms with van der Waals surface area (Å²) in [4.78, 5) is 14.5. The first-order valence-electron chi connectivity index (χ1n) is 7.76. The van der Waals surface area contributed by atoms with Crippen molar-refractivity contribution >= 4 is 5.91 Å². The van der Waals surface area contributed by atoms with Crippen molar-refractivity contribution in [1.82, 2.24) is 10.2 Å². The van der Waals surface area contributed by atoms with Crippen molar-refractivity contribution in [1.29, 1.82) is 0 Å². The highest BCUT2D eigenvalue weighted by atomic mass is 16.5. The molecular formula is C17H26N2O2. The molecule has 21 heavy (non-hydrogen) atoms. The van der Waals surface area contributed by atoms with Gasteiger partial charge in [0.2, 0.25) is 5.91 Å². The van der Waals surface area contributed by atoms with Crippen molar-refractivity contribution in [3.63, 3.8) is 0 Å². The quantitative estimate of drug-likeness (QED) is 0.924. The summed E-state index contributed by atoms with van der Waals surface area (Å²) in [7, 11) is 0. The number of hydrogen-bond donors (Lipinski definition) is 1. The number of nitrogens with one attached hydrogen (secondary N) is 1. The van der Waals surface area contributed by atoms with Gasteiger partial charge in [0.15, 0.2) is 0 Å². The number of benzene rings is 1. The molecule has 1 aliphatic rings. The molecule has 1 N–H and O–H groups in total. The van der Waals surface area contributed by atoms with Crippen molar-refractivity contribution in [2.24, 2.45) is 0 Å². The molecule has 0 spiro atoms. The maximum Gasteiger partial charge on any atom is 0.227 e. The lowest BCUT2D eigenvalue weighted by atomic mass is 10.0. The fourth-order valence-electron chi connectivity index (χ4n) is 2.69. The third kappa shape index (κ3) is 4.21. The summed E-state index contributed by atoms with van der Waals surface area (Å²) in [6, 6.07) is 8.42. The van der Waals surface area contributed by atoms with Gasteiger partial charge in [-0.15, -0.1) is 0 Å². The van der Waals surface area contributed by atoms with E-state index in [9.17, 15) is 4.79 Å². The lowest BCUT2D eigenvalue weighted by molar-refractivity contribution is -0.134. The second-order valence-corrected chi connectivity index (χ2v) is 6.06. The zero-order chi connectivity index (χ0) is 15.4. The second-order valence-electron chi connectivity index (χ2n) is 6.06. The highest BCUT2D eigenvalue weighted by Crippen LogP contribution is 2.17. The summed E-state index contributed by atoms with van der Waals surface area (Å²) in [6.07, 6.45) is 0.580. The van der Waals surface area contributed by atoms with E-state index < -0.39 is 0 Å². The zero-order valence-corrected chi connectivity index (χ0v) is 13.4. The number of nitrogens with zero attached hydrogens (tertiary/aromatic N) is 1. The molecule has 0 radical (unpaired) electrons. The third-order valence-electron chi connectivity index (χ3n) is 3.98. The Morgan fingerprint density at radius 2 is 2.19 bits per heavy atom. The van der Waals surface area contributed by atoms with Gasteiger partial charge in [-0.05, 0) is 45.4 Å². The minimum Gasteiger partial charge on any atom is -0.491 e. The maximum absolute atomic E-state index is 12.5. The molecule has 4 heteroatoms.